The molecule has 0 heterocycles. The Morgan fingerprint density at radius 3 is 2.35 bits per heavy atom. The van der Waals surface area contributed by atoms with Gasteiger partial charge in [0.05, 0.1) is 17.3 Å². The van der Waals surface area contributed by atoms with E-state index < -0.39 is 0 Å². The van der Waals surface area contributed by atoms with Crippen LogP contribution in [0.5, 0.6) is 0 Å². The number of hydrogen-bond acceptors (Lipinski definition) is 3. The molecule has 2 rings (SSSR count). The highest BCUT2D eigenvalue weighted by Crippen LogP contribution is 2.28. The zero-order valence-corrected chi connectivity index (χ0v) is 11.5. The highest BCUT2D eigenvalue weighted by atomic mass is 19.1. The Hall–Kier alpha value is -2.38. The largest absolute Gasteiger partial charge is 0.342 e. The van der Waals surface area contributed by atoms with E-state index in [1.807, 2.05) is 13.0 Å². The Kier molecular flexibility index (Phi) is 4.02. The Morgan fingerprint density at radius 2 is 1.85 bits per heavy atom. The van der Waals surface area contributed by atoms with Gasteiger partial charge in [0.2, 0.25) is 0 Å². The Bertz CT molecular complexity index is 642. The number of hydrogen-bond donors (Lipinski definition) is 1. The van der Waals surface area contributed by atoms with Crippen LogP contribution >= 0.6 is 0 Å². The molecule has 0 bridgehead atoms. The smallest absolute Gasteiger partial charge is 0.147 e. The summed E-state index contributed by atoms with van der Waals surface area (Å²) < 4.78 is 14.1. The Morgan fingerprint density at radius 1 is 1.20 bits per heavy atom. The molecule has 0 spiro atoms. The van der Waals surface area contributed by atoms with E-state index in [-0.39, 0.29) is 11.9 Å². The lowest BCUT2D eigenvalue weighted by Crippen LogP contribution is -2.12. The van der Waals surface area contributed by atoms with Gasteiger partial charge in [-0.25, -0.2) is 4.39 Å². The molecule has 1 atom stereocenters. The van der Waals surface area contributed by atoms with Crippen LogP contribution in [-0.2, 0) is 0 Å². The first-order valence-corrected chi connectivity index (χ1v) is 6.32. The van der Waals surface area contributed by atoms with Gasteiger partial charge in [0, 0.05) is 18.8 Å². The van der Waals surface area contributed by atoms with Crippen molar-refractivity contribution in [3.63, 3.8) is 0 Å². The fourth-order valence-corrected chi connectivity index (χ4v) is 1.98. The molecule has 0 unspecified atom stereocenters. The topological polar surface area (TPSA) is 53.0 Å². The summed E-state index contributed by atoms with van der Waals surface area (Å²) in [6, 6.07) is 13.9. The summed E-state index contributed by atoms with van der Waals surface area (Å²) in [4.78, 5) is 1.74. The molecule has 102 valence electrons. The van der Waals surface area contributed by atoms with Crippen molar-refractivity contribution in [2.75, 3.05) is 11.9 Å². The third-order valence-electron chi connectivity index (χ3n) is 3.24. The van der Waals surface area contributed by atoms with Crippen LogP contribution in [0.3, 0.4) is 0 Å². The van der Waals surface area contributed by atoms with Gasteiger partial charge in [-0.1, -0.05) is 6.07 Å². The van der Waals surface area contributed by atoms with Crippen LogP contribution in [0.2, 0.25) is 0 Å². The summed E-state index contributed by atoms with van der Waals surface area (Å²) in [7, 11) is 1.78. The first kappa shape index (κ1) is 14.0. The molecule has 20 heavy (non-hydrogen) atoms. The summed E-state index contributed by atoms with van der Waals surface area (Å²) in [5.74, 6) is -0.313. The molecule has 0 amide bonds. The van der Waals surface area contributed by atoms with Crippen molar-refractivity contribution in [2.24, 2.45) is 5.73 Å². The quantitative estimate of drug-likeness (QED) is 0.928. The number of nitrogens with zero attached hydrogens (tertiary/aromatic N) is 2. The average Bonchev–Trinajstić information content (AvgIpc) is 2.46. The molecule has 0 fully saturated rings. The van der Waals surface area contributed by atoms with Gasteiger partial charge in [-0.15, -0.1) is 0 Å². The van der Waals surface area contributed by atoms with E-state index in [9.17, 15) is 4.39 Å². The predicted octanol–water partition coefficient (Wildman–Crippen LogP) is 3.48. The monoisotopic (exact) mass is 269 g/mol. The van der Waals surface area contributed by atoms with Gasteiger partial charge >= 0.3 is 0 Å². The lowest BCUT2D eigenvalue weighted by atomic mass is 10.1. The Balaban J connectivity index is 2.33. The van der Waals surface area contributed by atoms with Gasteiger partial charge in [-0.3, -0.25) is 0 Å². The molecule has 0 aliphatic heterocycles. The van der Waals surface area contributed by atoms with Crippen LogP contribution in [0.25, 0.3) is 0 Å². The molecule has 0 aromatic heterocycles. The van der Waals surface area contributed by atoms with Crippen LogP contribution < -0.4 is 10.6 Å². The van der Waals surface area contributed by atoms with Crippen molar-refractivity contribution >= 4 is 11.4 Å². The summed E-state index contributed by atoms with van der Waals surface area (Å²) in [6.45, 7) is 1.82. The lowest BCUT2D eigenvalue weighted by Gasteiger charge is -2.21. The van der Waals surface area contributed by atoms with Crippen LogP contribution in [0.15, 0.2) is 42.5 Å². The second-order valence-corrected chi connectivity index (χ2v) is 4.72. The maximum atomic E-state index is 14.1. The van der Waals surface area contributed by atoms with Crippen molar-refractivity contribution in [3.8, 4) is 6.07 Å². The van der Waals surface area contributed by atoms with E-state index in [1.54, 1.807) is 42.3 Å². The van der Waals surface area contributed by atoms with E-state index in [2.05, 4.69) is 6.07 Å². The molecule has 4 heteroatoms. The highest BCUT2D eigenvalue weighted by molar-refractivity contribution is 5.64. The van der Waals surface area contributed by atoms with E-state index in [0.717, 1.165) is 11.3 Å². The highest BCUT2D eigenvalue weighted by Gasteiger charge is 2.11. The molecule has 3 nitrogen and oxygen atoms in total. The van der Waals surface area contributed by atoms with Crippen molar-refractivity contribution in [1.29, 1.82) is 5.26 Å². The van der Waals surface area contributed by atoms with Crippen LogP contribution in [0.1, 0.15) is 24.1 Å². The molecular weight excluding hydrogens is 253 g/mol. The maximum Gasteiger partial charge on any atom is 0.147 e. The minimum Gasteiger partial charge on any atom is -0.342 e. The zero-order chi connectivity index (χ0) is 14.7. The summed E-state index contributed by atoms with van der Waals surface area (Å²) in [6.07, 6.45) is 0. The average molecular weight is 269 g/mol. The third-order valence-corrected chi connectivity index (χ3v) is 3.24. The Labute approximate surface area is 118 Å². The van der Waals surface area contributed by atoms with E-state index >= 15 is 0 Å². The second kappa shape index (κ2) is 5.72. The fraction of sp³-hybridized carbons (Fsp3) is 0.188. The van der Waals surface area contributed by atoms with Crippen LogP contribution in [0.4, 0.5) is 15.8 Å². The van der Waals surface area contributed by atoms with Gasteiger partial charge in [-0.05, 0) is 48.9 Å². The van der Waals surface area contributed by atoms with Crippen molar-refractivity contribution in [2.45, 2.75) is 13.0 Å². The minimum absolute atomic E-state index is 0.196. The molecule has 2 aromatic rings. The van der Waals surface area contributed by atoms with Gasteiger partial charge in [0.1, 0.15) is 5.82 Å². The molecule has 0 saturated carbocycles. The number of nitrogens with two attached hydrogens (primary N) is 1. The molecular formula is C16H16FN3. The molecule has 0 aliphatic carbocycles. The number of benzene rings is 2. The summed E-state index contributed by atoms with van der Waals surface area (Å²) in [5.41, 5.74) is 8.37. The first-order chi connectivity index (χ1) is 9.52. The standard InChI is InChI=1S/C16H16FN3/c1-11(19)13-5-8-16(15(17)9-13)20(2)14-6-3-12(10-18)4-7-14/h3-9,11H,19H2,1-2H3/t11-/m0/s1. The molecule has 0 saturated heterocycles. The van der Waals surface area contributed by atoms with Crippen LogP contribution in [-0.4, -0.2) is 7.05 Å². The normalized spacial score (nSPS) is 11.8. The molecule has 2 aromatic carbocycles. The first-order valence-electron chi connectivity index (χ1n) is 6.32. The lowest BCUT2D eigenvalue weighted by molar-refractivity contribution is 0.622. The number of nitriles is 1. The maximum absolute atomic E-state index is 14.1. The van der Waals surface area contributed by atoms with E-state index in [4.69, 9.17) is 11.0 Å². The fourth-order valence-electron chi connectivity index (χ4n) is 1.98. The number of halogens is 1. The molecule has 0 radical (unpaired) electrons. The van der Waals surface area contributed by atoms with Crippen molar-refractivity contribution < 1.29 is 4.39 Å². The molecule has 0 aliphatic rings. The second-order valence-electron chi connectivity index (χ2n) is 4.72. The van der Waals surface area contributed by atoms with Gasteiger partial charge in [-0.2, -0.15) is 5.26 Å². The zero-order valence-electron chi connectivity index (χ0n) is 11.5. The van der Waals surface area contributed by atoms with Crippen molar-refractivity contribution in [3.05, 3.63) is 59.4 Å². The predicted molar refractivity (Wildman–Crippen MR) is 78.2 cm³/mol. The summed E-state index contributed by atoms with van der Waals surface area (Å²) in [5, 5.41) is 8.78. The van der Waals surface area contributed by atoms with Gasteiger partial charge in [0.15, 0.2) is 0 Å². The van der Waals surface area contributed by atoms with Crippen molar-refractivity contribution in [1.82, 2.24) is 0 Å². The van der Waals surface area contributed by atoms with E-state index in [0.29, 0.717) is 11.3 Å². The number of rotatable bonds is 3. The van der Waals surface area contributed by atoms with Crippen LogP contribution in [0, 0.1) is 17.1 Å². The third kappa shape index (κ3) is 2.79. The van der Waals surface area contributed by atoms with E-state index in [1.165, 1.54) is 6.07 Å². The summed E-state index contributed by atoms with van der Waals surface area (Å²) >= 11 is 0. The van der Waals surface area contributed by atoms with Gasteiger partial charge in [0.25, 0.3) is 0 Å². The minimum atomic E-state index is -0.313. The SMILES string of the molecule is C[C@H](N)c1ccc(N(C)c2ccc(C#N)cc2)c(F)c1. The number of anilines is 2. The van der Waals surface area contributed by atoms with Gasteiger partial charge < -0.3 is 10.6 Å². The molecule has 2 N–H and O–H groups in total.